The van der Waals surface area contributed by atoms with Gasteiger partial charge in [-0.05, 0) is 72.7 Å². The van der Waals surface area contributed by atoms with E-state index in [1.54, 1.807) is 49.4 Å². The van der Waals surface area contributed by atoms with Gasteiger partial charge in [-0.3, -0.25) is 10.1 Å². The predicted molar refractivity (Wildman–Crippen MR) is 171 cm³/mol. The molecule has 0 aliphatic carbocycles. The van der Waals surface area contributed by atoms with Crippen LogP contribution < -0.4 is 16.0 Å². The zero-order chi connectivity index (χ0) is 33.3. The summed E-state index contributed by atoms with van der Waals surface area (Å²) in [6.45, 7) is 1.93. The van der Waals surface area contributed by atoms with Crippen molar-refractivity contribution in [3.63, 3.8) is 0 Å². The number of fused-ring (bicyclic) bond motifs is 4. The van der Waals surface area contributed by atoms with Crippen molar-refractivity contribution in [1.82, 2.24) is 35.5 Å². The first-order valence-corrected chi connectivity index (χ1v) is 15.1. The topological polar surface area (TPSA) is 202 Å². The number of aromatic nitrogens is 6. The molecule has 2 bridgehead atoms. The lowest BCUT2D eigenvalue weighted by Crippen LogP contribution is -2.32. The fourth-order valence-electron chi connectivity index (χ4n) is 5.14. The van der Waals surface area contributed by atoms with Gasteiger partial charge in [0.25, 0.3) is 0 Å². The number of ether oxygens (including phenoxy) is 2. The highest BCUT2D eigenvalue weighted by Crippen LogP contribution is 2.35. The largest absolute Gasteiger partial charge is 0.464 e. The zero-order valence-electron chi connectivity index (χ0n) is 25.5. The molecule has 242 valence electrons. The molecule has 1 aliphatic rings. The van der Waals surface area contributed by atoms with E-state index in [0.29, 0.717) is 70.4 Å². The number of amides is 2. The van der Waals surface area contributed by atoms with Crippen LogP contribution in [0.15, 0.2) is 48.8 Å². The maximum absolute atomic E-state index is 13.3. The van der Waals surface area contributed by atoms with Crippen LogP contribution in [0.2, 0.25) is 5.02 Å². The minimum absolute atomic E-state index is 0.0865. The number of benzene rings is 2. The van der Waals surface area contributed by atoms with Crippen LogP contribution in [0, 0.1) is 11.3 Å². The van der Waals surface area contributed by atoms with Crippen molar-refractivity contribution in [2.45, 2.75) is 44.7 Å². The molecular weight excluding hydrogens is 628 g/mol. The van der Waals surface area contributed by atoms with Gasteiger partial charge in [0.05, 0.1) is 31.1 Å². The second-order valence-corrected chi connectivity index (χ2v) is 10.9. The Labute approximate surface area is 274 Å². The van der Waals surface area contributed by atoms with Gasteiger partial charge in [-0.15, -0.1) is 5.10 Å². The molecule has 2 atom stereocenters. The molecule has 0 saturated carbocycles. The van der Waals surface area contributed by atoms with E-state index in [1.807, 2.05) is 0 Å². The average molecular weight is 659 g/mol. The molecule has 2 amide bonds. The number of tetrazole rings is 1. The molecule has 15 nitrogen and oxygen atoms in total. The second-order valence-electron chi connectivity index (χ2n) is 10.4. The summed E-state index contributed by atoms with van der Waals surface area (Å²) in [5.41, 5.74) is 3.06. The Kier molecular flexibility index (Phi) is 10.4. The number of nitriles is 1. The smallest absolute Gasteiger partial charge is 0.411 e. The van der Waals surface area contributed by atoms with E-state index in [1.165, 1.54) is 24.2 Å². The number of H-pyrrole nitrogens is 1. The summed E-state index contributed by atoms with van der Waals surface area (Å²) in [4.78, 5) is 45.9. The fourth-order valence-corrected chi connectivity index (χ4v) is 5.32. The summed E-state index contributed by atoms with van der Waals surface area (Å²) in [6.07, 6.45) is 5.84. The zero-order valence-corrected chi connectivity index (χ0v) is 26.2. The quantitative estimate of drug-likeness (QED) is 0.160. The molecule has 0 unspecified atom stereocenters. The highest BCUT2D eigenvalue weighted by atomic mass is 35.5. The third kappa shape index (κ3) is 7.92. The minimum Gasteiger partial charge on any atom is -0.464 e. The SMILES string of the molecule is CCOC(=O)[C@H]1CCCC[C@H](NC(=O)C=Cc2cc(Cl)ccc2-n2cnnn2)c2nc(C#N)c([nH]2)-c2ccc(NC(=O)OC)cc2N1. The Hall–Kier alpha value is -5.75. The first-order chi connectivity index (χ1) is 22.8. The van der Waals surface area contributed by atoms with E-state index in [0.717, 1.165) is 0 Å². The van der Waals surface area contributed by atoms with Crippen molar-refractivity contribution >= 4 is 47.0 Å². The standard InChI is InChI=1S/C31H31ClN10O5/c1-3-47-30(44)23-7-5-4-6-22(37-27(43)13-8-18-14-19(32)9-12-26(18)42-17-34-40-41-42)29-38-25(16-33)28(39-29)21-11-10-20(15-24(21)36-23)35-31(45)46-2/h8-15,17,22-23,36H,3-7H2,1-2H3,(H,35,45)(H,37,43)(H,38,39)/t22-,23+/m0/s1. The Bertz CT molecular complexity index is 1830. The number of methoxy groups -OCH3 is 1. The molecule has 4 N–H and O–H groups in total. The van der Waals surface area contributed by atoms with Crippen molar-refractivity contribution in [2.75, 3.05) is 24.4 Å². The van der Waals surface area contributed by atoms with Gasteiger partial charge in [-0.25, -0.2) is 14.6 Å². The van der Waals surface area contributed by atoms with Gasteiger partial charge >= 0.3 is 12.1 Å². The number of aromatic amines is 1. The van der Waals surface area contributed by atoms with Crippen molar-refractivity contribution in [3.8, 4) is 23.0 Å². The minimum atomic E-state index is -0.725. The number of nitrogens with one attached hydrogen (secondary N) is 4. The Morgan fingerprint density at radius 1 is 1.19 bits per heavy atom. The summed E-state index contributed by atoms with van der Waals surface area (Å²) in [5, 5.41) is 30.6. The molecule has 3 heterocycles. The molecule has 16 heteroatoms. The second kappa shape index (κ2) is 15.0. The number of anilines is 2. The van der Waals surface area contributed by atoms with E-state index < -0.39 is 30.1 Å². The monoisotopic (exact) mass is 658 g/mol. The summed E-state index contributed by atoms with van der Waals surface area (Å²) >= 11 is 6.22. The van der Waals surface area contributed by atoms with Crippen LogP contribution in [-0.2, 0) is 19.1 Å². The molecule has 4 aromatic rings. The Morgan fingerprint density at radius 2 is 2.02 bits per heavy atom. The molecule has 2 aromatic heterocycles. The molecule has 5 rings (SSSR count). The number of hydrogen-bond donors (Lipinski definition) is 4. The number of rotatable bonds is 7. The van der Waals surface area contributed by atoms with Crippen LogP contribution in [0.3, 0.4) is 0 Å². The lowest BCUT2D eigenvalue weighted by atomic mass is 10.0. The molecule has 0 radical (unpaired) electrons. The van der Waals surface area contributed by atoms with E-state index in [2.05, 4.69) is 47.5 Å². The molecule has 1 aliphatic heterocycles. The van der Waals surface area contributed by atoms with Gasteiger partial charge in [0.2, 0.25) is 5.91 Å². The predicted octanol–water partition coefficient (Wildman–Crippen LogP) is 4.54. The number of hydrogen-bond acceptors (Lipinski definition) is 11. The lowest BCUT2D eigenvalue weighted by molar-refractivity contribution is -0.144. The molecular formula is C31H31ClN10O5. The van der Waals surface area contributed by atoms with Gasteiger partial charge in [-0.2, -0.15) is 9.94 Å². The Balaban J connectivity index is 1.48. The number of imidazole rings is 1. The maximum Gasteiger partial charge on any atom is 0.411 e. The third-order valence-electron chi connectivity index (χ3n) is 7.33. The lowest BCUT2D eigenvalue weighted by Gasteiger charge is -2.22. The Morgan fingerprint density at radius 3 is 2.77 bits per heavy atom. The fraction of sp³-hybridized carbons (Fsp3) is 0.290. The first-order valence-electron chi connectivity index (χ1n) is 14.7. The highest BCUT2D eigenvalue weighted by molar-refractivity contribution is 6.30. The third-order valence-corrected chi connectivity index (χ3v) is 7.57. The summed E-state index contributed by atoms with van der Waals surface area (Å²) in [6, 6.07) is 10.9. The van der Waals surface area contributed by atoms with Gasteiger partial charge in [0.15, 0.2) is 5.69 Å². The summed E-state index contributed by atoms with van der Waals surface area (Å²) < 4.78 is 11.5. The molecule has 47 heavy (non-hydrogen) atoms. The van der Waals surface area contributed by atoms with Crippen LogP contribution in [0.1, 0.15) is 55.7 Å². The van der Waals surface area contributed by atoms with Gasteiger partial charge in [0, 0.05) is 33.6 Å². The normalized spacial score (nSPS) is 16.0. The average Bonchev–Trinajstić information content (AvgIpc) is 3.75. The molecule has 0 saturated heterocycles. The van der Waals surface area contributed by atoms with E-state index in [9.17, 15) is 19.6 Å². The van der Waals surface area contributed by atoms with Crippen LogP contribution in [0.4, 0.5) is 16.2 Å². The van der Waals surface area contributed by atoms with Crippen molar-refractivity contribution in [3.05, 3.63) is 70.9 Å². The van der Waals surface area contributed by atoms with E-state index >= 15 is 0 Å². The van der Waals surface area contributed by atoms with Crippen LogP contribution >= 0.6 is 11.6 Å². The highest BCUT2D eigenvalue weighted by Gasteiger charge is 2.27. The van der Waals surface area contributed by atoms with Crippen molar-refractivity contribution in [1.29, 1.82) is 5.26 Å². The first kappa shape index (κ1) is 32.6. The van der Waals surface area contributed by atoms with Gasteiger partial charge in [0.1, 0.15) is 24.3 Å². The number of carbonyl (C=O) groups excluding carboxylic acids is 3. The van der Waals surface area contributed by atoms with Crippen LogP contribution in [0.25, 0.3) is 23.0 Å². The molecule has 2 aromatic carbocycles. The van der Waals surface area contributed by atoms with Crippen molar-refractivity contribution in [2.24, 2.45) is 0 Å². The van der Waals surface area contributed by atoms with Crippen LogP contribution in [0.5, 0.6) is 0 Å². The number of nitrogens with zero attached hydrogens (tertiary/aromatic N) is 6. The van der Waals surface area contributed by atoms with Crippen molar-refractivity contribution < 1.29 is 23.9 Å². The van der Waals surface area contributed by atoms with Gasteiger partial charge in [-0.1, -0.05) is 24.4 Å². The van der Waals surface area contributed by atoms with Crippen LogP contribution in [-0.4, -0.2) is 67.9 Å². The summed E-state index contributed by atoms with van der Waals surface area (Å²) in [7, 11) is 1.25. The molecule has 0 spiro atoms. The number of halogens is 1. The summed E-state index contributed by atoms with van der Waals surface area (Å²) in [5.74, 6) is -0.462. The number of esters is 1. The van der Waals surface area contributed by atoms with E-state index in [4.69, 9.17) is 21.1 Å². The maximum atomic E-state index is 13.3. The van der Waals surface area contributed by atoms with Gasteiger partial charge < -0.3 is 25.1 Å². The molecule has 0 fully saturated rings. The number of carbonyl (C=O) groups is 3. The van der Waals surface area contributed by atoms with E-state index in [-0.39, 0.29) is 12.3 Å².